The van der Waals surface area contributed by atoms with Crippen LogP contribution < -0.4 is 4.74 Å². The van der Waals surface area contributed by atoms with Crippen LogP contribution in [0.5, 0.6) is 5.75 Å². The Balaban J connectivity index is 1.67. The summed E-state index contributed by atoms with van der Waals surface area (Å²) in [5.74, 6) is -0.572. The highest BCUT2D eigenvalue weighted by Crippen LogP contribution is 2.36. The quantitative estimate of drug-likeness (QED) is 0.434. The topological polar surface area (TPSA) is 71.2 Å². The number of nitrogens with zero attached hydrogens (tertiary/aromatic N) is 2. The van der Waals surface area contributed by atoms with Crippen LogP contribution in [-0.4, -0.2) is 29.6 Å². The first-order valence-electron chi connectivity index (χ1n) is 8.48. The van der Waals surface area contributed by atoms with Gasteiger partial charge in [0, 0.05) is 16.7 Å². The first-order chi connectivity index (χ1) is 13.2. The summed E-state index contributed by atoms with van der Waals surface area (Å²) in [4.78, 5) is 10.7. The third-order valence-corrected chi connectivity index (χ3v) is 4.28. The summed E-state index contributed by atoms with van der Waals surface area (Å²) in [5.41, 5.74) is 5.88. The molecule has 0 atom stereocenters. The van der Waals surface area contributed by atoms with Crippen LogP contribution in [0.15, 0.2) is 83.0 Å². The zero-order valence-corrected chi connectivity index (χ0v) is 14.4. The van der Waals surface area contributed by atoms with Crippen LogP contribution in [0.1, 0.15) is 16.7 Å². The van der Waals surface area contributed by atoms with Gasteiger partial charge in [-0.15, -0.1) is 5.10 Å². The Morgan fingerprint density at radius 2 is 1.41 bits per heavy atom. The van der Waals surface area contributed by atoms with Gasteiger partial charge < -0.3 is 9.84 Å². The zero-order chi connectivity index (χ0) is 18.6. The molecule has 0 saturated carbocycles. The summed E-state index contributed by atoms with van der Waals surface area (Å²) in [5, 5.41) is 17.5. The van der Waals surface area contributed by atoms with E-state index in [1.54, 1.807) is 24.4 Å². The van der Waals surface area contributed by atoms with E-state index in [4.69, 9.17) is 9.84 Å². The molecule has 0 heterocycles. The third kappa shape index (κ3) is 3.35. The molecule has 0 saturated heterocycles. The van der Waals surface area contributed by atoms with E-state index in [-0.39, 0.29) is 0 Å². The molecule has 5 nitrogen and oxygen atoms in total. The highest BCUT2D eigenvalue weighted by Gasteiger charge is 2.23. The summed E-state index contributed by atoms with van der Waals surface area (Å²) in [6.45, 7) is -0.403. The molecule has 0 radical (unpaired) electrons. The SMILES string of the molecule is O=C(O)COc1ccccc1C=NN=C1c2ccccc2-c2ccccc21. The first kappa shape index (κ1) is 16.7. The van der Waals surface area contributed by atoms with Gasteiger partial charge in [0.05, 0.1) is 6.21 Å². The Kier molecular flexibility index (Phi) is 4.49. The lowest BCUT2D eigenvalue weighted by atomic mass is 10.1. The Morgan fingerprint density at radius 3 is 2.04 bits per heavy atom. The lowest BCUT2D eigenvalue weighted by Gasteiger charge is -2.05. The normalized spacial score (nSPS) is 11.9. The number of carboxylic acid groups (broad SMARTS) is 1. The maximum atomic E-state index is 10.7. The number of benzene rings is 3. The molecule has 0 amide bonds. The Morgan fingerprint density at radius 1 is 0.852 bits per heavy atom. The van der Waals surface area contributed by atoms with Crippen LogP contribution in [0.2, 0.25) is 0 Å². The van der Waals surface area contributed by atoms with Crippen molar-refractivity contribution in [2.24, 2.45) is 10.2 Å². The summed E-state index contributed by atoms with van der Waals surface area (Å²) in [6.07, 6.45) is 1.58. The van der Waals surface area contributed by atoms with Crippen LogP contribution in [0.3, 0.4) is 0 Å². The molecule has 4 rings (SSSR count). The lowest BCUT2D eigenvalue weighted by molar-refractivity contribution is -0.139. The van der Waals surface area contributed by atoms with Gasteiger partial charge in [0.25, 0.3) is 0 Å². The molecule has 0 aliphatic heterocycles. The molecule has 132 valence electrons. The monoisotopic (exact) mass is 356 g/mol. The second kappa shape index (κ2) is 7.25. The van der Waals surface area contributed by atoms with Gasteiger partial charge in [-0.25, -0.2) is 4.79 Å². The van der Waals surface area contributed by atoms with Crippen molar-refractivity contribution in [3.05, 3.63) is 89.5 Å². The summed E-state index contributed by atoms with van der Waals surface area (Å²) >= 11 is 0. The number of hydrogen-bond acceptors (Lipinski definition) is 4. The Hall–Kier alpha value is -3.73. The molecular formula is C22H16N2O3. The molecule has 1 aliphatic carbocycles. The minimum Gasteiger partial charge on any atom is -0.481 e. The van der Waals surface area contributed by atoms with Crippen molar-refractivity contribution in [2.75, 3.05) is 6.61 Å². The van der Waals surface area contributed by atoms with Gasteiger partial charge in [-0.05, 0) is 23.3 Å². The summed E-state index contributed by atoms with van der Waals surface area (Å²) in [6, 6.07) is 23.3. The maximum Gasteiger partial charge on any atom is 0.341 e. The molecule has 0 unspecified atom stereocenters. The van der Waals surface area contributed by atoms with Crippen LogP contribution in [0, 0.1) is 0 Å². The smallest absolute Gasteiger partial charge is 0.341 e. The van der Waals surface area contributed by atoms with Gasteiger partial charge in [0.15, 0.2) is 6.61 Å². The fourth-order valence-corrected chi connectivity index (χ4v) is 3.11. The largest absolute Gasteiger partial charge is 0.481 e. The number of ether oxygens (including phenoxy) is 1. The van der Waals surface area contributed by atoms with Crippen LogP contribution in [-0.2, 0) is 4.79 Å². The average Bonchev–Trinajstić information content (AvgIpc) is 3.01. The van der Waals surface area contributed by atoms with Gasteiger partial charge in [0.2, 0.25) is 0 Å². The molecular weight excluding hydrogens is 340 g/mol. The number of para-hydroxylation sites is 1. The van der Waals surface area contributed by atoms with Crippen LogP contribution in [0.25, 0.3) is 11.1 Å². The second-order valence-electron chi connectivity index (χ2n) is 6.00. The molecule has 0 spiro atoms. The highest BCUT2D eigenvalue weighted by atomic mass is 16.5. The van der Waals surface area contributed by atoms with E-state index < -0.39 is 12.6 Å². The van der Waals surface area contributed by atoms with Crippen molar-refractivity contribution in [2.45, 2.75) is 0 Å². The first-order valence-corrected chi connectivity index (χ1v) is 8.48. The fraction of sp³-hybridized carbons (Fsp3) is 0.0455. The van der Waals surface area contributed by atoms with Gasteiger partial charge in [0.1, 0.15) is 11.5 Å². The minimum absolute atomic E-state index is 0.403. The van der Waals surface area contributed by atoms with E-state index in [9.17, 15) is 4.79 Å². The van der Waals surface area contributed by atoms with Crippen molar-refractivity contribution >= 4 is 17.9 Å². The average molecular weight is 356 g/mol. The Labute approximate surface area is 156 Å². The van der Waals surface area contributed by atoms with Crippen molar-refractivity contribution in [3.63, 3.8) is 0 Å². The van der Waals surface area contributed by atoms with Gasteiger partial charge in [-0.1, -0.05) is 60.7 Å². The van der Waals surface area contributed by atoms with Crippen molar-refractivity contribution in [1.29, 1.82) is 0 Å². The summed E-state index contributed by atoms with van der Waals surface area (Å²) in [7, 11) is 0. The Bertz CT molecular complexity index is 1020. The number of aliphatic carboxylic acids is 1. The highest BCUT2D eigenvalue weighted by molar-refractivity contribution is 6.24. The van der Waals surface area contributed by atoms with Crippen molar-refractivity contribution < 1.29 is 14.6 Å². The number of carbonyl (C=O) groups is 1. The van der Waals surface area contributed by atoms with Crippen molar-refractivity contribution in [3.8, 4) is 16.9 Å². The zero-order valence-electron chi connectivity index (χ0n) is 14.4. The van der Waals surface area contributed by atoms with E-state index in [1.165, 1.54) is 0 Å². The van der Waals surface area contributed by atoms with E-state index in [0.717, 1.165) is 28.0 Å². The number of fused-ring (bicyclic) bond motifs is 3. The fourth-order valence-electron chi connectivity index (χ4n) is 3.11. The molecule has 0 bridgehead atoms. The molecule has 0 aromatic heterocycles. The molecule has 3 aromatic carbocycles. The van der Waals surface area contributed by atoms with E-state index in [2.05, 4.69) is 22.3 Å². The molecule has 3 aromatic rings. The number of carboxylic acids is 1. The molecule has 1 aliphatic rings. The minimum atomic E-state index is -1.03. The molecule has 5 heteroatoms. The third-order valence-electron chi connectivity index (χ3n) is 4.28. The number of rotatable bonds is 5. The van der Waals surface area contributed by atoms with E-state index >= 15 is 0 Å². The van der Waals surface area contributed by atoms with Crippen molar-refractivity contribution in [1.82, 2.24) is 0 Å². The van der Waals surface area contributed by atoms with Crippen LogP contribution in [0.4, 0.5) is 0 Å². The standard InChI is InChI=1S/C22H16N2O3/c25-21(26)14-27-20-12-6-1-7-15(20)13-23-24-22-18-10-4-2-8-16(18)17-9-3-5-11-19(17)22/h1-13H,14H2,(H,25,26). The second-order valence-corrected chi connectivity index (χ2v) is 6.00. The van der Waals surface area contributed by atoms with E-state index in [1.807, 2.05) is 42.5 Å². The molecule has 1 N–H and O–H groups in total. The van der Waals surface area contributed by atoms with Crippen LogP contribution >= 0.6 is 0 Å². The van der Waals surface area contributed by atoms with E-state index in [0.29, 0.717) is 11.3 Å². The predicted molar refractivity (Wildman–Crippen MR) is 105 cm³/mol. The predicted octanol–water partition coefficient (Wildman–Crippen LogP) is 4.00. The molecule has 0 fully saturated rings. The van der Waals surface area contributed by atoms with Gasteiger partial charge in [-0.3, -0.25) is 0 Å². The summed E-state index contributed by atoms with van der Waals surface area (Å²) < 4.78 is 5.29. The lowest BCUT2D eigenvalue weighted by Crippen LogP contribution is -2.10. The number of hydrogen-bond donors (Lipinski definition) is 1. The van der Waals surface area contributed by atoms with Gasteiger partial charge >= 0.3 is 5.97 Å². The maximum absolute atomic E-state index is 10.7. The van der Waals surface area contributed by atoms with Gasteiger partial charge in [-0.2, -0.15) is 5.10 Å². The molecule has 27 heavy (non-hydrogen) atoms.